The summed E-state index contributed by atoms with van der Waals surface area (Å²) < 4.78 is 14.3. The largest absolute Gasteiger partial charge is 0.329 e. The van der Waals surface area contributed by atoms with Gasteiger partial charge in [-0.25, -0.2) is 4.39 Å². The summed E-state index contributed by atoms with van der Waals surface area (Å²) >= 11 is 3.24. The first-order valence-corrected chi connectivity index (χ1v) is 6.92. The summed E-state index contributed by atoms with van der Waals surface area (Å²) in [6.45, 7) is 0.158. The van der Waals surface area contributed by atoms with E-state index in [2.05, 4.69) is 21.2 Å². The summed E-state index contributed by atoms with van der Waals surface area (Å²) in [5, 5.41) is 2.58. The Hall–Kier alpha value is -1.72. The van der Waals surface area contributed by atoms with Crippen LogP contribution in [-0.4, -0.2) is 12.5 Å². The van der Waals surface area contributed by atoms with Gasteiger partial charge in [-0.1, -0.05) is 46.3 Å². The highest BCUT2D eigenvalue weighted by Crippen LogP contribution is 2.22. The van der Waals surface area contributed by atoms with Crippen LogP contribution >= 0.6 is 15.9 Å². The highest BCUT2D eigenvalue weighted by molar-refractivity contribution is 9.10. The van der Waals surface area contributed by atoms with Crippen molar-refractivity contribution in [3.63, 3.8) is 0 Å². The molecule has 5 heteroatoms. The monoisotopic (exact) mass is 336 g/mol. The van der Waals surface area contributed by atoms with Crippen LogP contribution in [0.1, 0.15) is 11.5 Å². The number of nitrogens with two attached hydrogens (primary N) is 1. The predicted octanol–water partition coefficient (Wildman–Crippen LogP) is 3.27. The first kappa shape index (κ1) is 14.7. The van der Waals surface area contributed by atoms with Gasteiger partial charge < -0.3 is 11.1 Å². The fraction of sp³-hybridized carbons (Fsp3) is 0.133. The topological polar surface area (TPSA) is 55.1 Å². The van der Waals surface area contributed by atoms with Crippen molar-refractivity contribution in [2.24, 2.45) is 5.73 Å². The molecule has 104 valence electrons. The Morgan fingerprint density at radius 3 is 2.60 bits per heavy atom. The molecular formula is C15H14BrFN2O. The fourth-order valence-electron chi connectivity index (χ4n) is 1.89. The molecule has 0 aliphatic heterocycles. The molecule has 1 atom stereocenters. The van der Waals surface area contributed by atoms with Crippen LogP contribution in [-0.2, 0) is 4.79 Å². The smallest absolute Gasteiger partial charge is 0.233 e. The molecule has 0 radical (unpaired) electrons. The van der Waals surface area contributed by atoms with Gasteiger partial charge in [0.25, 0.3) is 0 Å². The molecular weight excluding hydrogens is 323 g/mol. The summed E-state index contributed by atoms with van der Waals surface area (Å²) in [7, 11) is 0. The van der Waals surface area contributed by atoms with Crippen LogP contribution < -0.4 is 11.1 Å². The average molecular weight is 337 g/mol. The molecule has 2 aromatic rings. The second-order valence-electron chi connectivity index (χ2n) is 4.31. The standard InChI is InChI=1S/C15H14BrFN2O/c16-11-6-7-13(17)14(8-11)19-15(20)12(9-18)10-4-2-1-3-5-10/h1-8,12H,9,18H2,(H,19,20). The van der Waals surface area contributed by atoms with Gasteiger partial charge in [-0.05, 0) is 23.8 Å². The fourth-order valence-corrected chi connectivity index (χ4v) is 2.25. The van der Waals surface area contributed by atoms with Gasteiger partial charge >= 0.3 is 0 Å². The molecule has 2 aromatic carbocycles. The van der Waals surface area contributed by atoms with Crippen molar-refractivity contribution in [3.05, 3.63) is 64.4 Å². The van der Waals surface area contributed by atoms with Crippen molar-refractivity contribution in [1.82, 2.24) is 0 Å². The number of benzene rings is 2. The number of carbonyl (C=O) groups excluding carboxylic acids is 1. The summed E-state index contributed by atoms with van der Waals surface area (Å²) in [6, 6.07) is 13.6. The summed E-state index contributed by atoms with van der Waals surface area (Å²) in [6.07, 6.45) is 0. The van der Waals surface area contributed by atoms with E-state index in [-0.39, 0.29) is 18.1 Å². The van der Waals surface area contributed by atoms with Crippen molar-refractivity contribution >= 4 is 27.5 Å². The van der Waals surface area contributed by atoms with Crippen molar-refractivity contribution in [2.75, 3.05) is 11.9 Å². The van der Waals surface area contributed by atoms with Gasteiger partial charge in [0.1, 0.15) is 5.82 Å². The van der Waals surface area contributed by atoms with Gasteiger partial charge in [-0.3, -0.25) is 4.79 Å². The van der Waals surface area contributed by atoms with Gasteiger partial charge in [0.15, 0.2) is 0 Å². The maximum Gasteiger partial charge on any atom is 0.233 e. The number of anilines is 1. The number of rotatable bonds is 4. The van der Waals surface area contributed by atoms with E-state index in [1.165, 1.54) is 12.1 Å². The number of halogens is 2. The lowest BCUT2D eigenvalue weighted by Crippen LogP contribution is -2.27. The third-order valence-corrected chi connectivity index (χ3v) is 3.43. The summed E-state index contributed by atoms with van der Waals surface area (Å²) in [4.78, 5) is 12.2. The molecule has 0 heterocycles. The van der Waals surface area contributed by atoms with E-state index in [1.807, 2.05) is 30.3 Å². The normalized spacial score (nSPS) is 11.9. The van der Waals surface area contributed by atoms with Gasteiger partial charge in [0.05, 0.1) is 11.6 Å². The minimum absolute atomic E-state index is 0.138. The number of hydrogen-bond donors (Lipinski definition) is 2. The summed E-state index contributed by atoms with van der Waals surface area (Å²) in [5.41, 5.74) is 6.61. The minimum atomic E-state index is -0.505. The molecule has 0 saturated carbocycles. The number of hydrogen-bond acceptors (Lipinski definition) is 2. The Balaban J connectivity index is 2.20. The van der Waals surface area contributed by atoms with Crippen molar-refractivity contribution < 1.29 is 9.18 Å². The van der Waals surface area contributed by atoms with Gasteiger partial charge in [-0.2, -0.15) is 0 Å². The molecule has 0 aromatic heterocycles. The molecule has 0 aliphatic carbocycles. The Morgan fingerprint density at radius 2 is 1.95 bits per heavy atom. The second-order valence-corrected chi connectivity index (χ2v) is 5.23. The van der Waals surface area contributed by atoms with Crippen LogP contribution in [0.2, 0.25) is 0 Å². The molecule has 0 saturated heterocycles. The number of nitrogens with one attached hydrogen (secondary N) is 1. The minimum Gasteiger partial charge on any atom is -0.329 e. The zero-order valence-electron chi connectivity index (χ0n) is 10.6. The molecule has 20 heavy (non-hydrogen) atoms. The van der Waals surface area contributed by atoms with Gasteiger partial charge in [-0.15, -0.1) is 0 Å². The predicted molar refractivity (Wildman–Crippen MR) is 81.0 cm³/mol. The van der Waals surface area contributed by atoms with Crippen LogP contribution in [0, 0.1) is 5.82 Å². The second kappa shape index (κ2) is 6.63. The Labute approximate surface area is 125 Å². The molecule has 0 fully saturated rings. The lowest BCUT2D eigenvalue weighted by atomic mass is 9.98. The molecule has 2 rings (SSSR count). The van der Waals surface area contributed by atoms with Gasteiger partial charge in [0.2, 0.25) is 5.91 Å². The van der Waals surface area contributed by atoms with Crippen molar-refractivity contribution in [1.29, 1.82) is 0 Å². The van der Waals surface area contributed by atoms with E-state index in [0.29, 0.717) is 4.47 Å². The third-order valence-electron chi connectivity index (χ3n) is 2.94. The maximum absolute atomic E-state index is 13.6. The zero-order chi connectivity index (χ0) is 14.5. The molecule has 1 unspecified atom stereocenters. The van der Waals surface area contributed by atoms with Crippen LogP contribution in [0.4, 0.5) is 10.1 Å². The van der Waals surface area contributed by atoms with Crippen molar-refractivity contribution in [3.8, 4) is 0 Å². The quantitative estimate of drug-likeness (QED) is 0.900. The molecule has 0 bridgehead atoms. The lowest BCUT2D eigenvalue weighted by Gasteiger charge is -2.15. The first-order chi connectivity index (χ1) is 9.61. The van der Waals surface area contributed by atoms with Crippen LogP contribution in [0.25, 0.3) is 0 Å². The highest BCUT2D eigenvalue weighted by atomic mass is 79.9. The zero-order valence-corrected chi connectivity index (χ0v) is 12.2. The Kier molecular flexibility index (Phi) is 4.87. The van der Waals surface area contributed by atoms with E-state index in [4.69, 9.17) is 5.73 Å². The molecule has 3 N–H and O–H groups in total. The van der Waals surface area contributed by atoms with E-state index >= 15 is 0 Å². The van der Waals surface area contributed by atoms with Crippen LogP contribution in [0.5, 0.6) is 0 Å². The molecule has 0 aliphatic rings. The van der Waals surface area contributed by atoms with Crippen LogP contribution in [0.3, 0.4) is 0 Å². The summed E-state index contributed by atoms with van der Waals surface area (Å²) in [5.74, 6) is -1.31. The SMILES string of the molecule is NCC(C(=O)Nc1cc(Br)ccc1F)c1ccccc1. The van der Waals surface area contributed by atoms with E-state index in [1.54, 1.807) is 6.07 Å². The van der Waals surface area contributed by atoms with Crippen LogP contribution in [0.15, 0.2) is 53.0 Å². The molecule has 1 amide bonds. The van der Waals surface area contributed by atoms with Crippen molar-refractivity contribution in [2.45, 2.75) is 5.92 Å². The first-order valence-electron chi connectivity index (χ1n) is 6.12. The molecule has 3 nitrogen and oxygen atoms in total. The Bertz CT molecular complexity index is 604. The highest BCUT2D eigenvalue weighted by Gasteiger charge is 2.20. The number of carbonyl (C=O) groups is 1. The lowest BCUT2D eigenvalue weighted by molar-refractivity contribution is -0.117. The van der Waals surface area contributed by atoms with Gasteiger partial charge in [0, 0.05) is 11.0 Å². The van der Waals surface area contributed by atoms with E-state index in [0.717, 1.165) is 5.56 Å². The maximum atomic E-state index is 13.6. The average Bonchev–Trinajstić information content (AvgIpc) is 2.45. The van der Waals surface area contributed by atoms with E-state index in [9.17, 15) is 9.18 Å². The number of amides is 1. The van der Waals surface area contributed by atoms with E-state index < -0.39 is 11.7 Å². The molecule has 0 spiro atoms. The Morgan fingerprint density at radius 1 is 1.25 bits per heavy atom. The third kappa shape index (κ3) is 3.43.